The zero-order chi connectivity index (χ0) is 62.1. The second-order valence-electron chi connectivity index (χ2n) is 23.5. The van der Waals surface area contributed by atoms with Gasteiger partial charge in [-0.15, -0.1) is 0 Å². The average Bonchev–Trinajstić information content (AvgIpc) is 1.57. The number of rotatable bonds is 9. The van der Waals surface area contributed by atoms with E-state index in [1.165, 1.54) is 43.6 Å². The van der Waals surface area contributed by atoms with E-state index >= 15 is 0 Å². The van der Waals surface area contributed by atoms with Crippen molar-refractivity contribution in [2.75, 3.05) is 0 Å². The van der Waals surface area contributed by atoms with Crippen LogP contribution >= 0.6 is 0 Å². The predicted octanol–water partition coefficient (Wildman–Crippen LogP) is 20.5. The van der Waals surface area contributed by atoms with E-state index < -0.39 is 0 Å². The van der Waals surface area contributed by atoms with Crippen molar-refractivity contribution in [3.05, 3.63) is 328 Å². The van der Waals surface area contributed by atoms with Crippen LogP contribution in [0, 0.1) is 0 Å². The van der Waals surface area contributed by atoms with Gasteiger partial charge in [0.1, 0.15) is 0 Å². The Morgan fingerprint density at radius 2 is 0.596 bits per heavy atom. The number of aromatic nitrogens is 10. The molecule has 0 saturated carbocycles. The maximum atomic E-state index is 5.29. The van der Waals surface area contributed by atoms with Gasteiger partial charge in [-0.3, -0.25) is 9.55 Å². The number of nitrogens with zero attached hydrogens (tertiary/aromatic N) is 10. The lowest BCUT2D eigenvalue weighted by atomic mass is 10.0. The Kier molecular flexibility index (Phi) is 13.0. The molecule has 0 fully saturated rings. The fourth-order valence-corrected chi connectivity index (χ4v) is 13.8. The SMILES string of the molecule is c1ccc(-c2cc3c4ccccc4n(-c4cnc(-c5ccc(-n6c7ccccc7c7ccccc76)cc5)nc4)c3c(-c3ccccc3)n2)cc1.c1ccc(-c2cc3c4ccccc4n(-c4ncc(-c5ccc(-n6c7ccccc7c7ccccc76)cc5)cn4)c3cn2)cc1. The van der Waals surface area contributed by atoms with E-state index in [4.69, 9.17) is 29.9 Å². The normalized spacial score (nSPS) is 11.6. The molecule has 10 nitrogen and oxygen atoms in total. The van der Waals surface area contributed by atoms with Gasteiger partial charge in [-0.1, -0.05) is 212 Å². The Morgan fingerprint density at radius 3 is 1.09 bits per heavy atom. The van der Waals surface area contributed by atoms with Gasteiger partial charge in [-0.25, -0.2) is 24.9 Å². The van der Waals surface area contributed by atoms with Crippen molar-refractivity contribution < 1.29 is 0 Å². The molecule has 11 aromatic carbocycles. The first-order valence-electron chi connectivity index (χ1n) is 31.5. The molecule has 0 saturated heterocycles. The lowest BCUT2D eigenvalue weighted by Crippen LogP contribution is -2.01. The number of hydrogen-bond acceptors (Lipinski definition) is 6. The highest BCUT2D eigenvalue weighted by molar-refractivity contribution is 6.15. The summed E-state index contributed by atoms with van der Waals surface area (Å²) in [6.45, 7) is 0. The van der Waals surface area contributed by atoms with Crippen LogP contribution in [0.1, 0.15) is 0 Å². The Bertz CT molecular complexity index is 5950. The molecule has 440 valence electrons. The van der Waals surface area contributed by atoms with Crippen LogP contribution < -0.4 is 0 Å². The molecule has 19 aromatic rings. The van der Waals surface area contributed by atoms with E-state index in [-0.39, 0.29) is 0 Å². The largest absolute Gasteiger partial charge is 0.309 e. The van der Waals surface area contributed by atoms with Gasteiger partial charge in [-0.2, -0.15) is 0 Å². The highest BCUT2D eigenvalue weighted by Gasteiger charge is 2.22. The van der Waals surface area contributed by atoms with Crippen LogP contribution in [0.4, 0.5) is 0 Å². The van der Waals surface area contributed by atoms with Gasteiger partial charge in [0.2, 0.25) is 5.95 Å². The first-order valence-corrected chi connectivity index (χ1v) is 31.5. The fourth-order valence-electron chi connectivity index (χ4n) is 13.8. The number of hydrogen-bond donors (Lipinski definition) is 0. The average molecular weight is 1200 g/mol. The molecule has 0 spiro atoms. The van der Waals surface area contributed by atoms with E-state index in [1.807, 2.05) is 61.3 Å². The maximum absolute atomic E-state index is 5.29. The van der Waals surface area contributed by atoms with Gasteiger partial charge in [0.15, 0.2) is 5.82 Å². The number of para-hydroxylation sites is 6. The molecule has 10 heteroatoms. The van der Waals surface area contributed by atoms with E-state index in [0.29, 0.717) is 11.8 Å². The standard InChI is InChI=1S/C45H29N5.C39H25N5/c1-3-13-30(14-4-1)39-27-38-37-19-9-12-22-42(37)50(44(38)43(48-39)31-15-5-2-6-16-31)34-28-46-45(47-29-34)32-23-25-33(26-24-32)49-40-20-10-7-17-35(40)36-18-8-11-21-41(36)49;1-2-10-27(11-3-1)34-22-33-32-14-6-9-17-37(32)44(38(33)25-40-34)39-41-23-28(24-42-39)26-18-20-29(21-19-26)43-35-15-7-4-12-30(35)31-13-5-8-16-36(31)43/h1-29H;1-25H. The van der Waals surface area contributed by atoms with Crippen molar-refractivity contribution in [2.24, 2.45) is 0 Å². The highest BCUT2D eigenvalue weighted by atomic mass is 15.2. The molecule has 94 heavy (non-hydrogen) atoms. The van der Waals surface area contributed by atoms with Crippen LogP contribution in [0.5, 0.6) is 0 Å². The molecule has 0 amide bonds. The monoisotopic (exact) mass is 1200 g/mol. The third kappa shape index (κ3) is 9.11. The van der Waals surface area contributed by atoms with E-state index in [9.17, 15) is 0 Å². The van der Waals surface area contributed by atoms with E-state index in [1.54, 1.807) is 0 Å². The summed E-state index contributed by atoms with van der Waals surface area (Å²) in [7, 11) is 0. The minimum atomic E-state index is 0.621. The van der Waals surface area contributed by atoms with Crippen molar-refractivity contribution >= 4 is 87.2 Å². The van der Waals surface area contributed by atoms with Crippen molar-refractivity contribution in [1.29, 1.82) is 0 Å². The molecule has 8 aromatic heterocycles. The van der Waals surface area contributed by atoms with Crippen LogP contribution in [0.25, 0.3) is 167 Å². The third-order valence-electron chi connectivity index (χ3n) is 18.1. The number of pyridine rings is 2. The second-order valence-corrected chi connectivity index (χ2v) is 23.5. The Balaban J connectivity index is 0.000000139. The minimum absolute atomic E-state index is 0.621. The fraction of sp³-hybridized carbons (Fsp3) is 0. The van der Waals surface area contributed by atoms with Crippen LogP contribution in [0.15, 0.2) is 328 Å². The minimum Gasteiger partial charge on any atom is -0.309 e. The van der Waals surface area contributed by atoms with E-state index in [0.717, 1.165) is 111 Å². The summed E-state index contributed by atoms with van der Waals surface area (Å²) < 4.78 is 9.00. The van der Waals surface area contributed by atoms with Crippen LogP contribution in [-0.2, 0) is 0 Å². The summed E-state index contributed by atoms with van der Waals surface area (Å²) >= 11 is 0. The highest BCUT2D eigenvalue weighted by Crippen LogP contribution is 2.41. The lowest BCUT2D eigenvalue weighted by Gasteiger charge is -2.13. The molecule has 0 aliphatic heterocycles. The van der Waals surface area contributed by atoms with Crippen LogP contribution in [0.2, 0.25) is 0 Å². The summed E-state index contributed by atoms with van der Waals surface area (Å²) in [6, 6.07) is 104. The summed E-state index contributed by atoms with van der Waals surface area (Å²) in [5.74, 6) is 1.30. The molecular formula is C84H54N10. The maximum Gasteiger partial charge on any atom is 0.234 e. The summed E-state index contributed by atoms with van der Waals surface area (Å²) in [6.07, 6.45) is 9.60. The van der Waals surface area contributed by atoms with Gasteiger partial charge in [0.25, 0.3) is 0 Å². The van der Waals surface area contributed by atoms with Gasteiger partial charge in [0, 0.05) is 94.7 Å². The molecule has 19 rings (SSSR count). The van der Waals surface area contributed by atoms with E-state index in [2.05, 4.69) is 285 Å². The van der Waals surface area contributed by atoms with Crippen molar-refractivity contribution in [2.45, 2.75) is 0 Å². The second kappa shape index (κ2) is 22.5. The Hall–Kier alpha value is -12.9. The summed E-state index contributed by atoms with van der Waals surface area (Å²) in [4.78, 5) is 29.6. The van der Waals surface area contributed by atoms with Crippen molar-refractivity contribution in [3.63, 3.8) is 0 Å². The molecule has 0 N–H and O–H groups in total. The molecule has 0 radical (unpaired) electrons. The summed E-state index contributed by atoms with van der Waals surface area (Å²) in [5.41, 5.74) is 21.1. The number of fused-ring (bicyclic) bond motifs is 12. The zero-order valence-corrected chi connectivity index (χ0v) is 50.6. The first-order chi connectivity index (χ1) is 46.6. The Labute approximate surface area is 539 Å². The van der Waals surface area contributed by atoms with Gasteiger partial charge in [-0.05, 0) is 90.5 Å². The van der Waals surface area contributed by atoms with Crippen LogP contribution in [-0.4, -0.2) is 48.2 Å². The first kappa shape index (κ1) is 54.1. The van der Waals surface area contributed by atoms with Gasteiger partial charge >= 0.3 is 0 Å². The molecule has 0 aliphatic carbocycles. The Morgan fingerprint density at radius 1 is 0.213 bits per heavy atom. The molecule has 0 atom stereocenters. The molecule has 0 bridgehead atoms. The quantitative estimate of drug-likeness (QED) is 0.143. The number of benzene rings is 11. The summed E-state index contributed by atoms with van der Waals surface area (Å²) in [5, 5.41) is 9.58. The third-order valence-corrected chi connectivity index (χ3v) is 18.1. The molecule has 0 aliphatic rings. The molecule has 8 heterocycles. The lowest BCUT2D eigenvalue weighted by molar-refractivity contribution is 0.987. The van der Waals surface area contributed by atoms with Gasteiger partial charge < -0.3 is 13.7 Å². The van der Waals surface area contributed by atoms with Crippen molar-refractivity contribution in [1.82, 2.24) is 48.2 Å². The van der Waals surface area contributed by atoms with Gasteiger partial charge in [0.05, 0.1) is 85.5 Å². The zero-order valence-electron chi connectivity index (χ0n) is 50.6. The van der Waals surface area contributed by atoms with Crippen LogP contribution in [0.3, 0.4) is 0 Å². The predicted molar refractivity (Wildman–Crippen MR) is 384 cm³/mol. The smallest absolute Gasteiger partial charge is 0.234 e. The topological polar surface area (TPSA) is 97.1 Å². The van der Waals surface area contributed by atoms with Crippen molar-refractivity contribution in [3.8, 4) is 79.3 Å². The molecular weight excluding hydrogens is 1150 g/mol. The molecule has 0 unspecified atom stereocenters.